The van der Waals surface area contributed by atoms with E-state index in [1.165, 1.54) is 11.3 Å². The van der Waals surface area contributed by atoms with Crippen molar-refractivity contribution in [3.63, 3.8) is 0 Å². The Balaban J connectivity index is 1.10. The third kappa shape index (κ3) is 4.49. The molecule has 6 nitrogen and oxygen atoms in total. The maximum atomic E-state index is 6.62. The van der Waals surface area contributed by atoms with Crippen LogP contribution < -0.4 is 15.4 Å². The Bertz CT molecular complexity index is 2160. The summed E-state index contributed by atoms with van der Waals surface area (Å²) in [6, 6.07) is 43.9. The van der Waals surface area contributed by atoms with Crippen LogP contribution in [0.4, 0.5) is 5.69 Å². The highest BCUT2D eigenvalue weighted by atomic mass is 16.5. The molecule has 2 aliphatic heterocycles. The van der Waals surface area contributed by atoms with Crippen LogP contribution in [0.3, 0.4) is 0 Å². The average Bonchev–Trinajstić information content (AvgIpc) is 3.72. The fourth-order valence-electron chi connectivity index (χ4n) is 6.76. The number of rotatable bonds is 5. The molecule has 9 rings (SSSR count). The van der Waals surface area contributed by atoms with Gasteiger partial charge in [0.2, 0.25) is 0 Å². The molecule has 3 heterocycles. The Morgan fingerprint density at radius 1 is 0.674 bits per heavy atom. The molecule has 6 aromatic rings. The molecule has 1 aromatic heterocycles. The van der Waals surface area contributed by atoms with Crippen molar-refractivity contribution in [1.82, 2.24) is 9.88 Å². The van der Waals surface area contributed by atoms with Crippen LogP contribution in [0.5, 0.6) is 5.75 Å². The second-order valence-corrected chi connectivity index (χ2v) is 11.8. The van der Waals surface area contributed by atoms with Crippen molar-refractivity contribution < 1.29 is 4.74 Å². The summed E-state index contributed by atoms with van der Waals surface area (Å²) in [7, 11) is 0. The van der Waals surface area contributed by atoms with E-state index in [4.69, 9.17) is 14.7 Å². The van der Waals surface area contributed by atoms with Crippen LogP contribution in [0.15, 0.2) is 143 Å². The van der Waals surface area contributed by atoms with Gasteiger partial charge in [-0.05, 0) is 54.8 Å². The number of anilines is 1. The Labute approximate surface area is 267 Å². The molecule has 0 bridgehead atoms. The smallest absolute Gasteiger partial charge is 0.196 e. The lowest BCUT2D eigenvalue weighted by Gasteiger charge is -2.22. The molecule has 0 saturated heterocycles. The number of benzene rings is 5. The molecule has 0 spiro atoms. The van der Waals surface area contributed by atoms with Crippen LogP contribution in [0.1, 0.15) is 52.3 Å². The van der Waals surface area contributed by atoms with Gasteiger partial charge < -0.3 is 19.9 Å². The van der Waals surface area contributed by atoms with E-state index < -0.39 is 0 Å². The fraction of sp³-hybridized carbons (Fsp3) is 0.100. The minimum atomic E-state index is -0.324. The minimum absolute atomic E-state index is 0.208. The van der Waals surface area contributed by atoms with E-state index in [1.54, 1.807) is 0 Å². The van der Waals surface area contributed by atoms with Gasteiger partial charge in [0.05, 0.1) is 16.6 Å². The largest absolute Gasteiger partial charge is 0.464 e. The van der Waals surface area contributed by atoms with Crippen molar-refractivity contribution in [2.75, 3.05) is 5.32 Å². The number of aromatic nitrogens is 1. The van der Waals surface area contributed by atoms with Gasteiger partial charge in [-0.3, -0.25) is 0 Å². The fourth-order valence-corrected chi connectivity index (χ4v) is 6.76. The average molecular weight is 598 g/mol. The second kappa shape index (κ2) is 10.9. The molecule has 2 N–H and O–H groups in total. The molecule has 2 atom stereocenters. The first-order chi connectivity index (χ1) is 22.8. The van der Waals surface area contributed by atoms with Gasteiger partial charge in [-0.2, -0.15) is 0 Å². The van der Waals surface area contributed by atoms with Gasteiger partial charge >= 0.3 is 0 Å². The normalized spacial score (nSPS) is 18.1. The quantitative estimate of drug-likeness (QED) is 0.209. The molecular weight excluding hydrogens is 566 g/mol. The van der Waals surface area contributed by atoms with Crippen LogP contribution >= 0.6 is 0 Å². The summed E-state index contributed by atoms with van der Waals surface area (Å²) in [6.45, 7) is 0. The number of aliphatic imine (C=N–C) groups is 2. The van der Waals surface area contributed by atoms with Crippen molar-refractivity contribution in [2.24, 2.45) is 9.98 Å². The van der Waals surface area contributed by atoms with E-state index in [2.05, 4.69) is 112 Å². The standard InChI is InChI=1S/C40H31N5O/c1-4-12-26(13-5-1)37-42-38(27-14-6-2-7-15-27)44-39(43-37)28-20-22-30(23-21-28)45-33-19-11-10-18-31(33)35-34(45)25-24-32-36(35)46-40(41-32)29-16-8-3-9-17-29/h1-10,12-18,20-25,37,40-41H,11,19H2,(H,42,43,44). The van der Waals surface area contributed by atoms with E-state index in [1.807, 2.05) is 42.5 Å². The first-order valence-electron chi connectivity index (χ1n) is 15.8. The lowest BCUT2D eigenvalue weighted by molar-refractivity contribution is 0.262. The summed E-state index contributed by atoms with van der Waals surface area (Å²) in [6.07, 6.45) is 5.98. The van der Waals surface area contributed by atoms with Crippen molar-refractivity contribution in [1.29, 1.82) is 0 Å². The zero-order valence-electron chi connectivity index (χ0n) is 25.1. The summed E-state index contributed by atoms with van der Waals surface area (Å²) >= 11 is 0. The summed E-state index contributed by atoms with van der Waals surface area (Å²) in [4.78, 5) is 10.0. The lowest BCUT2D eigenvalue weighted by Crippen LogP contribution is -2.36. The summed E-state index contributed by atoms with van der Waals surface area (Å²) in [5.41, 5.74) is 10.1. The van der Waals surface area contributed by atoms with Crippen LogP contribution in [-0.2, 0) is 6.42 Å². The molecule has 5 aromatic carbocycles. The lowest BCUT2D eigenvalue weighted by atomic mass is 10.0. The van der Waals surface area contributed by atoms with E-state index in [0.717, 1.165) is 74.8 Å². The van der Waals surface area contributed by atoms with Crippen LogP contribution in [0, 0.1) is 0 Å². The number of nitrogens with one attached hydrogen (secondary N) is 2. The summed E-state index contributed by atoms with van der Waals surface area (Å²) in [5, 5.41) is 8.27. The van der Waals surface area contributed by atoms with Crippen LogP contribution in [0.2, 0.25) is 0 Å². The number of ether oxygens (including phenoxy) is 1. The van der Waals surface area contributed by atoms with Crippen LogP contribution in [-0.4, -0.2) is 16.2 Å². The predicted molar refractivity (Wildman–Crippen MR) is 186 cm³/mol. The molecule has 46 heavy (non-hydrogen) atoms. The molecule has 2 unspecified atom stereocenters. The number of allylic oxidation sites excluding steroid dienone is 1. The number of fused-ring (bicyclic) bond motifs is 5. The molecule has 0 radical (unpaired) electrons. The van der Waals surface area contributed by atoms with Crippen molar-refractivity contribution in [3.8, 4) is 11.4 Å². The van der Waals surface area contributed by atoms with Crippen LogP contribution in [0.25, 0.3) is 22.7 Å². The highest BCUT2D eigenvalue weighted by Gasteiger charge is 2.30. The number of nitrogens with zero attached hydrogens (tertiary/aromatic N) is 3. The number of hydrogen-bond donors (Lipinski definition) is 2. The molecule has 3 aliphatic rings. The predicted octanol–water partition coefficient (Wildman–Crippen LogP) is 8.59. The third-order valence-electron chi connectivity index (χ3n) is 8.97. The van der Waals surface area contributed by atoms with E-state index >= 15 is 0 Å². The minimum Gasteiger partial charge on any atom is -0.464 e. The molecule has 6 heteroatoms. The SMILES string of the molecule is C1=Cc2c(n(-c3ccc(C4=NC(c5ccccc5)N=C(c5ccccc5)N4)cc3)c3ccc4c(c23)OC(c2ccccc2)N4)CC1. The number of hydrogen-bond acceptors (Lipinski definition) is 5. The Morgan fingerprint density at radius 2 is 1.33 bits per heavy atom. The molecule has 0 fully saturated rings. The van der Waals surface area contributed by atoms with Gasteiger partial charge in [0.15, 0.2) is 18.1 Å². The van der Waals surface area contributed by atoms with Gasteiger partial charge in [-0.15, -0.1) is 0 Å². The maximum Gasteiger partial charge on any atom is 0.196 e. The second-order valence-electron chi connectivity index (χ2n) is 11.8. The third-order valence-corrected chi connectivity index (χ3v) is 8.97. The van der Waals surface area contributed by atoms with E-state index in [-0.39, 0.29) is 12.4 Å². The first-order valence-corrected chi connectivity index (χ1v) is 15.8. The topological polar surface area (TPSA) is 62.9 Å². The van der Waals surface area contributed by atoms with Gasteiger partial charge in [0.25, 0.3) is 0 Å². The highest BCUT2D eigenvalue weighted by Crippen LogP contribution is 2.47. The van der Waals surface area contributed by atoms with Gasteiger partial charge in [0.1, 0.15) is 11.7 Å². The Hall–Kier alpha value is -5.88. The molecular formula is C40H31N5O. The van der Waals surface area contributed by atoms with Crippen molar-refractivity contribution >= 4 is 34.3 Å². The molecule has 0 saturated carbocycles. The molecule has 1 aliphatic carbocycles. The van der Waals surface area contributed by atoms with Gasteiger partial charge in [0, 0.05) is 33.6 Å². The van der Waals surface area contributed by atoms with Gasteiger partial charge in [-0.25, -0.2) is 9.98 Å². The molecule has 0 amide bonds. The number of amidine groups is 2. The Kier molecular flexibility index (Phi) is 6.30. The first kappa shape index (κ1) is 26.5. The van der Waals surface area contributed by atoms with E-state index in [9.17, 15) is 0 Å². The summed E-state index contributed by atoms with van der Waals surface area (Å²) in [5.74, 6) is 2.54. The monoisotopic (exact) mass is 597 g/mol. The van der Waals surface area contributed by atoms with Gasteiger partial charge in [-0.1, -0.05) is 103 Å². The summed E-state index contributed by atoms with van der Waals surface area (Å²) < 4.78 is 9.02. The van der Waals surface area contributed by atoms with Crippen molar-refractivity contribution in [2.45, 2.75) is 25.2 Å². The Morgan fingerprint density at radius 3 is 2.04 bits per heavy atom. The van der Waals surface area contributed by atoms with Crippen molar-refractivity contribution in [3.05, 3.63) is 167 Å². The zero-order valence-corrected chi connectivity index (χ0v) is 25.1. The maximum absolute atomic E-state index is 6.62. The molecule has 222 valence electrons. The zero-order chi connectivity index (χ0) is 30.5. The highest BCUT2D eigenvalue weighted by molar-refractivity contribution is 6.16. The van der Waals surface area contributed by atoms with E-state index in [0.29, 0.717) is 0 Å².